The minimum absolute atomic E-state index is 0.170. The van der Waals surface area contributed by atoms with Crippen LogP contribution in [0, 0.1) is 24.7 Å². The molecule has 1 N–H and O–H groups in total. The zero-order valence-corrected chi connectivity index (χ0v) is 20.1. The van der Waals surface area contributed by atoms with Crippen molar-refractivity contribution in [3.8, 4) is 22.6 Å². The van der Waals surface area contributed by atoms with E-state index in [1.807, 2.05) is 36.5 Å². The van der Waals surface area contributed by atoms with Crippen LogP contribution in [0.25, 0.3) is 11.1 Å². The van der Waals surface area contributed by atoms with Gasteiger partial charge in [-0.15, -0.1) is 0 Å². The van der Waals surface area contributed by atoms with Crippen molar-refractivity contribution in [3.63, 3.8) is 0 Å². The predicted molar refractivity (Wildman–Crippen MR) is 138 cm³/mol. The Morgan fingerprint density at radius 2 is 1.56 bits per heavy atom. The van der Waals surface area contributed by atoms with Crippen LogP contribution in [0.1, 0.15) is 55.2 Å². The monoisotopic (exact) mass is 451 g/mol. The van der Waals surface area contributed by atoms with Gasteiger partial charge in [0.15, 0.2) is 0 Å². The Balaban J connectivity index is 1.29. The molecule has 0 saturated heterocycles. The van der Waals surface area contributed by atoms with E-state index in [2.05, 4.69) is 37.3 Å². The first-order valence-corrected chi connectivity index (χ1v) is 12.6. The molecule has 7 rings (SSSR count). The van der Waals surface area contributed by atoms with Gasteiger partial charge < -0.3 is 9.84 Å². The predicted octanol–water partition coefficient (Wildman–Crippen LogP) is 7.59. The fourth-order valence-electron chi connectivity index (χ4n) is 7.50. The standard InChI is InChI=1S/C31H33NO2/c1-20-11-25(19-32-26-9-7-24(8-10-26)27-5-3-4-6-29(27)34-2)30(33)28(12-20)31-16-21-13-22(17-31)15-23(14-21)18-31/h3-12,19,21-23,33H,13-18H2,1-2H3. The third-order valence-corrected chi connectivity index (χ3v) is 8.53. The second kappa shape index (κ2) is 8.30. The molecular formula is C31H33NO2. The van der Waals surface area contributed by atoms with E-state index in [9.17, 15) is 5.11 Å². The van der Waals surface area contributed by atoms with Gasteiger partial charge in [0.05, 0.1) is 12.8 Å². The summed E-state index contributed by atoms with van der Waals surface area (Å²) >= 11 is 0. The summed E-state index contributed by atoms with van der Waals surface area (Å²) in [6.07, 6.45) is 9.80. The second-order valence-electron chi connectivity index (χ2n) is 11.0. The van der Waals surface area contributed by atoms with Gasteiger partial charge in [0.1, 0.15) is 11.5 Å². The number of aromatic hydroxyl groups is 1. The van der Waals surface area contributed by atoms with Crippen LogP contribution < -0.4 is 4.74 Å². The molecule has 174 valence electrons. The van der Waals surface area contributed by atoms with E-state index < -0.39 is 0 Å². The minimum Gasteiger partial charge on any atom is -0.507 e. The average Bonchev–Trinajstić information content (AvgIpc) is 2.84. The highest BCUT2D eigenvalue weighted by atomic mass is 16.5. The van der Waals surface area contributed by atoms with E-state index in [1.165, 1.54) is 49.7 Å². The molecule has 0 atom stereocenters. The number of phenols is 1. The molecule has 3 nitrogen and oxygen atoms in total. The Bertz CT molecular complexity index is 1210. The van der Waals surface area contributed by atoms with Crippen LogP contribution in [0.15, 0.2) is 65.7 Å². The molecule has 3 aromatic carbocycles. The van der Waals surface area contributed by atoms with Crippen LogP contribution >= 0.6 is 0 Å². The first-order valence-electron chi connectivity index (χ1n) is 12.6. The van der Waals surface area contributed by atoms with Gasteiger partial charge in [0.2, 0.25) is 0 Å². The van der Waals surface area contributed by atoms with E-state index in [1.54, 1.807) is 7.11 Å². The van der Waals surface area contributed by atoms with Crippen LogP contribution in [0.4, 0.5) is 5.69 Å². The molecule has 0 radical (unpaired) electrons. The lowest BCUT2D eigenvalue weighted by Crippen LogP contribution is -2.48. The summed E-state index contributed by atoms with van der Waals surface area (Å²) in [6.45, 7) is 2.14. The summed E-state index contributed by atoms with van der Waals surface area (Å²) in [6, 6.07) is 20.5. The molecule has 0 unspecified atom stereocenters. The van der Waals surface area contributed by atoms with E-state index in [-0.39, 0.29) is 5.41 Å². The largest absolute Gasteiger partial charge is 0.507 e. The van der Waals surface area contributed by atoms with Crippen LogP contribution in [-0.2, 0) is 5.41 Å². The van der Waals surface area contributed by atoms with Crippen molar-refractivity contribution in [3.05, 3.63) is 77.4 Å². The summed E-state index contributed by atoms with van der Waals surface area (Å²) in [7, 11) is 1.70. The Morgan fingerprint density at radius 3 is 2.21 bits per heavy atom. The van der Waals surface area contributed by atoms with Crippen LogP contribution in [0.5, 0.6) is 11.5 Å². The van der Waals surface area contributed by atoms with E-state index >= 15 is 0 Å². The highest BCUT2D eigenvalue weighted by Gasteiger charge is 2.52. The van der Waals surface area contributed by atoms with Crippen LogP contribution in [0.2, 0.25) is 0 Å². The van der Waals surface area contributed by atoms with Gasteiger partial charge in [0.25, 0.3) is 0 Å². The molecule has 4 fully saturated rings. The van der Waals surface area contributed by atoms with E-state index in [0.717, 1.165) is 45.9 Å². The molecule has 3 aromatic rings. The SMILES string of the molecule is COc1ccccc1-c1ccc(N=Cc2cc(C)cc(C34CC5CC(CC(C5)C3)C4)c2O)cc1. The van der Waals surface area contributed by atoms with E-state index in [0.29, 0.717) is 5.75 Å². The zero-order valence-electron chi connectivity index (χ0n) is 20.1. The topological polar surface area (TPSA) is 41.8 Å². The number of aryl methyl sites for hydroxylation is 1. The normalized spacial score (nSPS) is 27.4. The molecule has 34 heavy (non-hydrogen) atoms. The molecule has 4 aliphatic carbocycles. The fraction of sp³-hybridized carbons (Fsp3) is 0.387. The number of hydrogen-bond donors (Lipinski definition) is 1. The third kappa shape index (κ3) is 3.72. The molecule has 4 saturated carbocycles. The number of nitrogens with zero attached hydrogens (tertiary/aromatic N) is 1. The number of para-hydroxylation sites is 1. The van der Waals surface area contributed by atoms with Gasteiger partial charge >= 0.3 is 0 Å². The molecule has 0 amide bonds. The van der Waals surface area contributed by atoms with Gasteiger partial charge in [-0.05, 0) is 104 Å². The van der Waals surface area contributed by atoms with Crippen molar-refractivity contribution in [1.29, 1.82) is 0 Å². The number of benzene rings is 3. The maximum absolute atomic E-state index is 11.4. The summed E-state index contributed by atoms with van der Waals surface area (Å²) in [5.74, 6) is 3.86. The Kier molecular flexibility index (Phi) is 5.24. The highest BCUT2D eigenvalue weighted by molar-refractivity contribution is 5.87. The minimum atomic E-state index is 0.170. The molecular weight excluding hydrogens is 418 g/mol. The number of ether oxygens (including phenoxy) is 1. The fourth-order valence-corrected chi connectivity index (χ4v) is 7.50. The zero-order chi connectivity index (χ0) is 23.3. The summed E-state index contributed by atoms with van der Waals surface area (Å²) < 4.78 is 5.50. The van der Waals surface area contributed by atoms with Crippen molar-refractivity contribution < 1.29 is 9.84 Å². The van der Waals surface area contributed by atoms with Gasteiger partial charge in [-0.1, -0.05) is 36.4 Å². The lowest BCUT2D eigenvalue weighted by Gasteiger charge is -2.57. The Morgan fingerprint density at radius 1 is 0.912 bits per heavy atom. The Hall–Kier alpha value is -3.07. The first kappa shape index (κ1) is 21.5. The number of hydrogen-bond acceptors (Lipinski definition) is 3. The number of rotatable bonds is 5. The highest BCUT2D eigenvalue weighted by Crippen LogP contribution is 2.62. The van der Waals surface area contributed by atoms with Crippen molar-refractivity contribution in [1.82, 2.24) is 0 Å². The molecule has 0 aliphatic heterocycles. The number of aliphatic imine (C=N–C) groups is 1. The summed E-state index contributed by atoms with van der Waals surface area (Å²) in [5, 5.41) is 11.4. The number of phenolic OH excluding ortho intramolecular Hbond substituents is 1. The average molecular weight is 452 g/mol. The van der Waals surface area contributed by atoms with Crippen molar-refractivity contribution in [2.24, 2.45) is 22.7 Å². The second-order valence-corrected chi connectivity index (χ2v) is 11.0. The lowest BCUT2D eigenvalue weighted by molar-refractivity contribution is -0.00616. The van der Waals surface area contributed by atoms with Gasteiger partial charge in [-0.2, -0.15) is 0 Å². The summed E-state index contributed by atoms with van der Waals surface area (Å²) in [5.41, 5.74) is 6.42. The molecule has 0 aromatic heterocycles. The van der Waals surface area contributed by atoms with Crippen LogP contribution in [0.3, 0.4) is 0 Å². The maximum Gasteiger partial charge on any atom is 0.128 e. The van der Waals surface area contributed by atoms with Crippen molar-refractivity contribution >= 4 is 11.9 Å². The Labute approximate surface area is 202 Å². The van der Waals surface area contributed by atoms with Crippen molar-refractivity contribution in [2.75, 3.05) is 7.11 Å². The van der Waals surface area contributed by atoms with Crippen molar-refractivity contribution in [2.45, 2.75) is 50.9 Å². The molecule has 4 bridgehead atoms. The molecule has 4 aliphatic rings. The number of methoxy groups -OCH3 is 1. The molecule has 0 heterocycles. The van der Waals surface area contributed by atoms with Crippen LogP contribution in [-0.4, -0.2) is 18.4 Å². The maximum atomic E-state index is 11.4. The summed E-state index contributed by atoms with van der Waals surface area (Å²) in [4.78, 5) is 4.73. The van der Waals surface area contributed by atoms with Gasteiger partial charge in [0, 0.05) is 22.9 Å². The van der Waals surface area contributed by atoms with Gasteiger partial charge in [-0.3, -0.25) is 4.99 Å². The molecule has 0 spiro atoms. The third-order valence-electron chi connectivity index (χ3n) is 8.53. The van der Waals surface area contributed by atoms with Gasteiger partial charge in [-0.25, -0.2) is 0 Å². The lowest BCUT2D eigenvalue weighted by atomic mass is 9.48. The molecule has 3 heteroatoms. The van der Waals surface area contributed by atoms with E-state index in [4.69, 9.17) is 9.73 Å². The smallest absolute Gasteiger partial charge is 0.128 e. The quantitative estimate of drug-likeness (QED) is 0.406. The first-order chi connectivity index (χ1) is 16.5.